The van der Waals surface area contributed by atoms with E-state index in [0.29, 0.717) is 17.3 Å². The van der Waals surface area contributed by atoms with E-state index in [1.165, 1.54) is 0 Å². The highest BCUT2D eigenvalue weighted by atomic mass is 32.2. The molecule has 11 heteroatoms. The predicted molar refractivity (Wildman–Crippen MR) is 157 cm³/mol. The normalized spacial score (nSPS) is 12.6. The molecule has 2 heterocycles. The van der Waals surface area contributed by atoms with Crippen molar-refractivity contribution in [1.82, 2.24) is 19.8 Å². The Morgan fingerprint density at radius 3 is 2.48 bits per heavy atom. The fourth-order valence-electron chi connectivity index (χ4n) is 4.54. The number of benzene rings is 2. The van der Waals surface area contributed by atoms with Gasteiger partial charge in [0, 0.05) is 22.7 Å². The molecule has 10 nitrogen and oxygen atoms in total. The number of hydrogen-bond donors (Lipinski definition) is 3. The first-order valence-electron chi connectivity index (χ1n) is 13.4. The second-order valence-corrected chi connectivity index (χ2v) is 11.4. The molecule has 216 valence electrons. The fourth-order valence-corrected chi connectivity index (χ4v) is 5.30. The topological polar surface area (TPSA) is 123 Å². The molecule has 0 aliphatic rings. The van der Waals surface area contributed by atoms with Crippen LogP contribution in [0, 0.1) is 27.7 Å². The first kappa shape index (κ1) is 29.6. The number of nitrogens with one attached hydrogen (secondary N) is 2. The van der Waals surface area contributed by atoms with Crippen LogP contribution in [-0.2, 0) is 20.9 Å². The van der Waals surface area contributed by atoms with Crippen LogP contribution >= 0.6 is 0 Å². The standard InChI is InChI=1S/C29H39N5O5S/c1-8-29(6,7)24-17-25-30-31-28(34(25)32-24)26-19(3)16-20(4)27(21(26)5)33-40(36)39-14-13-38-22-10-9-18(2)15-23(22)37-12-11-35/h9-10,15-17,32-33,35H,8,11-14H2,1-7H3. The van der Waals surface area contributed by atoms with Crippen molar-refractivity contribution in [2.75, 3.05) is 31.1 Å². The molecular weight excluding hydrogens is 530 g/mol. The van der Waals surface area contributed by atoms with E-state index < -0.39 is 11.3 Å². The van der Waals surface area contributed by atoms with Gasteiger partial charge in [-0.1, -0.05) is 32.9 Å². The van der Waals surface area contributed by atoms with Crippen LogP contribution in [0.4, 0.5) is 5.69 Å². The van der Waals surface area contributed by atoms with E-state index in [1.807, 2.05) is 56.5 Å². The lowest BCUT2D eigenvalue weighted by molar-refractivity contribution is 0.186. The first-order valence-corrected chi connectivity index (χ1v) is 14.5. The van der Waals surface area contributed by atoms with Gasteiger partial charge < -0.3 is 14.6 Å². The minimum atomic E-state index is -1.81. The van der Waals surface area contributed by atoms with Crippen molar-refractivity contribution in [2.45, 2.75) is 60.3 Å². The van der Waals surface area contributed by atoms with E-state index in [9.17, 15) is 4.21 Å². The molecule has 0 saturated carbocycles. The minimum Gasteiger partial charge on any atom is -0.487 e. The van der Waals surface area contributed by atoms with Gasteiger partial charge in [0.25, 0.3) is 11.3 Å². The number of aliphatic hydroxyl groups excluding tert-OH is 1. The highest BCUT2D eigenvalue weighted by Crippen LogP contribution is 2.35. The number of ether oxygens (including phenoxy) is 2. The third-order valence-corrected chi connectivity index (χ3v) is 7.92. The van der Waals surface area contributed by atoms with Crippen molar-refractivity contribution < 1.29 is 23.0 Å². The Labute approximate surface area is 237 Å². The van der Waals surface area contributed by atoms with E-state index >= 15 is 0 Å². The van der Waals surface area contributed by atoms with Crippen LogP contribution in [0.5, 0.6) is 11.5 Å². The van der Waals surface area contributed by atoms with Crippen LogP contribution in [0.25, 0.3) is 17.0 Å². The van der Waals surface area contributed by atoms with Gasteiger partial charge in [0.2, 0.25) is 0 Å². The molecule has 4 aromatic rings. The maximum atomic E-state index is 12.9. The zero-order chi connectivity index (χ0) is 29.0. The summed E-state index contributed by atoms with van der Waals surface area (Å²) in [6.07, 6.45) is 0.983. The molecule has 2 aromatic heterocycles. The average Bonchev–Trinajstić information content (AvgIpc) is 3.51. The van der Waals surface area contributed by atoms with Crippen LogP contribution in [0.3, 0.4) is 0 Å². The first-order chi connectivity index (χ1) is 19.1. The zero-order valence-corrected chi connectivity index (χ0v) is 25.1. The molecular formula is C29H39N5O5S. The van der Waals surface area contributed by atoms with Crippen LogP contribution in [0.15, 0.2) is 30.3 Å². The quantitative estimate of drug-likeness (QED) is 0.191. The molecule has 0 amide bonds. The Kier molecular flexibility index (Phi) is 9.17. The molecule has 4 rings (SSSR count). The van der Waals surface area contributed by atoms with E-state index in [1.54, 1.807) is 6.07 Å². The number of nitrogens with zero attached hydrogens (tertiary/aromatic N) is 3. The monoisotopic (exact) mass is 569 g/mol. The van der Waals surface area contributed by atoms with Gasteiger partial charge in [-0.25, -0.2) is 8.72 Å². The number of aliphatic hydroxyl groups is 1. The van der Waals surface area contributed by atoms with Crippen LogP contribution < -0.4 is 14.2 Å². The van der Waals surface area contributed by atoms with Crippen LogP contribution in [0.2, 0.25) is 0 Å². The highest BCUT2D eigenvalue weighted by molar-refractivity contribution is 7.81. The van der Waals surface area contributed by atoms with Crippen molar-refractivity contribution in [2.24, 2.45) is 0 Å². The predicted octanol–water partition coefficient (Wildman–Crippen LogP) is 5.10. The molecule has 0 fully saturated rings. The number of rotatable bonds is 13. The lowest BCUT2D eigenvalue weighted by atomic mass is 9.87. The lowest BCUT2D eigenvalue weighted by Crippen LogP contribution is -2.16. The van der Waals surface area contributed by atoms with Crippen molar-refractivity contribution in [3.05, 3.63) is 58.3 Å². The SMILES string of the molecule is CCC(C)(C)c1cc2nnc(-c3c(C)cc(C)c(NS(=O)OCCOc4ccc(C)cc4OCCO)c3C)n2[nH]1. The molecule has 40 heavy (non-hydrogen) atoms. The molecule has 0 spiro atoms. The molecule has 1 unspecified atom stereocenters. The number of aromatic nitrogens is 4. The summed E-state index contributed by atoms with van der Waals surface area (Å²) in [6, 6.07) is 9.63. The smallest absolute Gasteiger partial charge is 0.261 e. The summed E-state index contributed by atoms with van der Waals surface area (Å²) in [5.74, 6) is 1.77. The van der Waals surface area contributed by atoms with Crippen molar-refractivity contribution in [1.29, 1.82) is 0 Å². The number of anilines is 1. The van der Waals surface area contributed by atoms with E-state index in [-0.39, 0.29) is 31.8 Å². The molecule has 0 radical (unpaired) electrons. The number of hydrogen-bond acceptors (Lipinski definition) is 7. The Balaban J connectivity index is 1.47. The molecule has 2 aromatic carbocycles. The van der Waals surface area contributed by atoms with E-state index in [0.717, 1.165) is 51.3 Å². The van der Waals surface area contributed by atoms with Gasteiger partial charge in [-0.15, -0.1) is 10.2 Å². The summed E-state index contributed by atoms with van der Waals surface area (Å²) < 4.78 is 34.6. The van der Waals surface area contributed by atoms with Crippen molar-refractivity contribution in [3.63, 3.8) is 0 Å². The van der Waals surface area contributed by atoms with Gasteiger partial charge in [0.1, 0.15) is 13.2 Å². The van der Waals surface area contributed by atoms with Crippen LogP contribution in [-0.4, -0.2) is 55.6 Å². The zero-order valence-electron chi connectivity index (χ0n) is 24.3. The Morgan fingerprint density at radius 2 is 1.75 bits per heavy atom. The van der Waals surface area contributed by atoms with E-state index in [4.69, 9.17) is 18.8 Å². The summed E-state index contributed by atoms with van der Waals surface area (Å²) in [5, 5.41) is 21.4. The maximum Gasteiger partial charge on any atom is 0.261 e. The third kappa shape index (κ3) is 6.32. The number of aryl methyl sites for hydroxylation is 3. The Hall–Kier alpha value is -3.41. The summed E-state index contributed by atoms with van der Waals surface area (Å²) in [7, 11) is 0. The second kappa shape index (κ2) is 12.4. The number of aromatic amines is 1. The van der Waals surface area contributed by atoms with Crippen LogP contribution in [0.1, 0.15) is 55.1 Å². The second-order valence-electron chi connectivity index (χ2n) is 10.5. The van der Waals surface area contributed by atoms with Gasteiger partial charge >= 0.3 is 0 Å². The van der Waals surface area contributed by atoms with Crippen molar-refractivity contribution >= 4 is 22.6 Å². The minimum absolute atomic E-state index is 0.0204. The van der Waals surface area contributed by atoms with E-state index in [2.05, 4.69) is 40.8 Å². The number of fused-ring (bicyclic) bond motifs is 1. The van der Waals surface area contributed by atoms with Gasteiger partial charge in [0.05, 0.1) is 18.9 Å². The number of H-pyrrole nitrogens is 1. The molecule has 0 saturated heterocycles. The Bertz CT molecular complexity index is 1510. The lowest BCUT2D eigenvalue weighted by Gasteiger charge is -2.20. The molecule has 0 aliphatic heterocycles. The summed E-state index contributed by atoms with van der Waals surface area (Å²) in [4.78, 5) is 0. The van der Waals surface area contributed by atoms with Gasteiger partial charge in [-0.05, 0) is 68.5 Å². The Morgan fingerprint density at radius 1 is 1.00 bits per heavy atom. The molecule has 0 bridgehead atoms. The summed E-state index contributed by atoms with van der Waals surface area (Å²) >= 11 is -1.81. The highest BCUT2D eigenvalue weighted by Gasteiger charge is 2.24. The third-order valence-electron chi connectivity index (χ3n) is 7.17. The average molecular weight is 570 g/mol. The summed E-state index contributed by atoms with van der Waals surface area (Å²) in [6.45, 7) is 14.8. The maximum absolute atomic E-state index is 12.9. The fraction of sp³-hybridized carbons (Fsp3) is 0.448. The molecule has 0 aliphatic carbocycles. The molecule has 1 atom stereocenters. The summed E-state index contributed by atoms with van der Waals surface area (Å²) in [5.41, 5.74) is 7.36. The van der Waals surface area contributed by atoms with Gasteiger partial charge in [-0.2, -0.15) is 0 Å². The van der Waals surface area contributed by atoms with Gasteiger partial charge in [-0.3, -0.25) is 14.0 Å². The largest absolute Gasteiger partial charge is 0.487 e. The van der Waals surface area contributed by atoms with Gasteiger partial charge in [0.15, 0.2) is 23.0 Å². The molecule has 3 N–H and O–H groups in total. The van der Waals surface area contributed by atoms with Crippen molar-refractivity contribution in [3.8, 4) is 22.9 Å².